The molecule has 5 nitrogen and oxygen atoms in total. The van der Waals surface area contributed by atoms with Crippen LogP contribution in [0.25, 0.3) is 5.57 Å². The average Bonchev–Trinajstić information content (AvgIpc) is 3.01. The van der Waals surface area contributed by atoms with Crippen molar-refractivity contribution in [1.82, 2.24) is 4.98 Å². The fourth-order valence-electron chi connectivity index (χ4n) is 3.35. The van der Waals surface area contributed by atoms with Gasteiger partial charge in [-0.1, -0.05) is 24.3 Å². The number of pyridine rings is 1. The molecule has 0 saturated carbocycles. The van der Waals surface area contributed by atoms with E-state index in [1.165, 1.54) is 6.07 Å². The maximum Gasteiger partial charge on any atom is 0.417 e. The summed E-state index contributed by atoms with van der Waals surface area (Å²) < 4.78 is 38.5. The van der Waals surface area contributed by atoms with Gasteiger partial charge in [0.05, 0.1) is 31.9 Å². The van der Waals surface area contributed by atoms with Gasteiger partial charge in [0, 0.05) is 29.8 Å². The van der Waals surface area contributed by atoms with E-state index < -0.39 is 16.7 Å². The van der Waals surface area contributed by atoms with Gasteiger partial charge in [0.1, 0.15) is 0 Å². The van der Waals surface area contributed by atoms with Crippen LogP contribution in [0.2, 0.25) is 0 Å². The highest BCUT2D eigenvalue weighted by atomic mass is 79.9. The van der Waals surface area contributed by atoms with Crippen LogP contribution in [0.3, 0.4) is 0 Å². The molecule has 0 bridgehead atoms. The maximum atomic E-state index is 12.7. The van der Waals surface area contributed by atoms with Crippen LogP contribution in [0, 0.1) is 16.0 Å². The van der Waals surface area contributed by atoms with Gasteiger partial charge in [0.15, 0.2) is 0 Å². The van der Waals surface area contributed by atoms with E-state index in [1.54, 1.807) is 30.3 Å². The molecule has 1 atom stereocenters. The summed E-state index contributed by atoms with van der Waals surface area (Å²) in [6, 6.07) is 9.41. The monoisotopic (exact) mass is 449 g/mol. The summed E-state index contributed by atoms with van der Waals surface area (Å²) in [4.78, 5) is 19.6. The van der Waals surface area contributed by atoms with Crippen LogP contribution >= 0.6 is 15.9 Å². The standard InChI is InChI=1S/C19H11BrF3N3O2/c20-14-8-10(7-12-6-5-11(9-24-12)19(21,22)23)17-16(18(14)26(27)28)13-3-1-2-4-15(13)25-17/h1-6,8-10H,7H2. The first-order valence-electron chi connectivity index (χ1n) is 8.22. The zero-order valence-corrected chi connectivity index (χ0v) is 15.7. The number of nitro groups is 1. The van der Waals surface area contributed by atoms with Crippen molar-refractivity contribution in [2.24, 2.45) is 10.9 Å². The lowest BCUT2D eigenvalue weighted by Crippen LogP contribution is -2.22. The first kappa shape index (κ1) is 18.5. The zero-order chi connectivity index (χ0) is 20.1. The Bertz CT molecular complexity index is 1070. The molecule has 0 amide bonds. The molecule has 2 heterocycles. The SMILES string of the molecule is O=[N+]([O-])C1=C2C(=Nc3ccccc32)C(Cc2ccc(C(F)(F)F)cn2)C=C1Br. The average molecular weight is 450 g/mol. The number of hydrogen-bond acceptors (Lipinski definition) is 4. The summed E-state index contributed by atoms with van der Waals surface area (Å²) in [7, 11) is 0. The fourth-order valence-corrected chi connectivity index (χ4v) is 4.01. The number of alkyl halides is 3. The highest BCUT2D eigenvalue weighted by molar-refractivity contribution is 9.12. The fraction of sp³-hybridized carbons (Fsp3) is 0.158. The summed E-state index contributed by atoms with van der Waals surface area (Å²) in [6.45, 7) is 0. The van der Waals surface area contributed by atoms with Crippen molar-refractivity contribution < 1.29 is 18.1 Å². The second-order valence-electron chi connectivity index (χ2n) is 6.36. The number of hydrogen-bond donors (Lipinski definition) is 0. The molecule has 28 heavy (non-hydrogen) atoms. The first-order chi connectivity index (χ1) is 13.3. The second-order valence-corrected chi connectivity index (χ2v) is 7.21. The molecule has 1 unspecified atom stereocenters. The molecule has 1 aliphatic carbocycles. The number of fused-ring (bicyclic) bond motifs is 3. The molecule has 4 rings (SSSR count). The largest absolute Gasteiger partial charge is 0.417 e. The van der Waals surface area contributed by atoms with E-state index in [0.717, 1.165) is 12.3 Å². The number of allylic oxidation sites excluding steroid dienone is 3. The predicted molar refractivity (Wildman–Crippen MR) is 101 cm³/mol. The predicted octanol–water partition coefficient (Wildman–Crippen LogP) is 5.33. The van der Waals surface area contributed by atoms with Crippen molar-refractivity contribution in [2.45, 2.75) is 12.6 Å². The smallest absolute Gasteiger partial charge is 0.261 e. The van der Waals surface area contributed by atoms with Gasteiger partial charge in [-0.05, 0) is 34.1 Å². The number of benzene rings is 1. The van der Waals surface area contributed by atoms with Crippen molar-refractivity contribution in [3.8, 4) is 0 Å². The number of rotatable bonds is 3. The van der Waals surface area contributed by atoms with Crippen LogP contribution in [-0.4, -0.2) is 15.6 Å². The zero-order valence-electron chi connectivity index (χ0n) is 14.1. The molecule has 142 valence electrons. The van der Waals surface area contributed by atoms with Crippen LogP contribution in [0.4, 0.5) is 18.9 Å². The van der Waals surface area contributed by atoms with Crippen LogP contribution in [0.1, 0.15) is 16.8 Å². The Morgan fingerprint density at radius 2 is 1.93 bits per heavy atom. The molecule has 0 fully saturated rings. The van der Waals surface area contributed by atoms with E-state index in [4.69, 9.17) is 0 Å². The van der Waals surface area contributed by atoms with E-state index in [-0.39, 0.29) is 18.0 Å². The molecule has 2 aliphatic rings. The van der Waals surface area contributed by atoms with E-state index >= 15 is 0 Å². The molecule has 0 radical (unpaired) electrons. The van der Waals surface area contributed by atoms with Crippen LogP contribution in [0.15, 0.2) is 63.8 Å². The van der Waals surface area contributed by atoms with Crippen molar-refractivity contribution in [3.63, 3.8) is 0 Å². The normalized spacial score (nSPS) is 18.4. The van der Waals surface area contributed by atoms with Gasteiger partial charge < -0.3 is 0 Å². The first-order valence-corrected chi connectivity index (χ1v) is 9.02. The molecule has 1 aromatic carbocycles. The van der Waals surface area contributed by atoms with Crippen molar-refractivity contribution in [1.29, 1.82) is 0 Å². The summed E-state index contributed by atoms with van der Waals surface area (Å²) in [5, 5.41) is 11.6. The lowest BCUT2D eigenvalue weighted by molar-refractivity contribution is -0.418. The van der Waals surface area contributed by atoms with Crippen molar-refractivity contribution in [2.75, 3.05) is 0 Å². The topological polar surface area (TPSA) is 68.4 Å². The Kier molecular flexibility index (Phi) is 4.41. The number of halogens is 4. The van der Waals surface area contributed by atoms with E-state index in [0.29, 0.717) is 32.7 Å². The minimum absolute atomic E-state index is 0.0691. The lowest BCUT2D eigenvalue weighted by Gasteiger charge is -2.20. The van der Waals surface area contributed by atoms with Gasteiger partial charge in [-0.2, -0.15) is 13.2 Å². The van der Waals surface area contributed by atoms with Crippen LogP contribution < -0.4 is 0 Å². The number of aromatic nitrogens is 1. The van der Waals surface area contributed by atoms with E-state index in [1.807, 2.05) is 0 Å². The molecular formula is C19H11BrF3N3O2. The quantitative estimate of drug-likeness (QED) is 0.469. The third-order valence-corrected chi connectivity index (χ3v) is 5.24. The van der Waals surface area contributed by atoms with E-state index in [9.17, 15) is 23.3 Å². The van der Waals surface area contributed by atoms with Crippen LogP contribution in [-0.2, 0) is 12.6 Å². The Balaban J connectivity index is 1.72. The highest BCUT2D eigenvalue weighted by Gasteiger charge is 2.39. The maximum absolute atomic E-state index is 12.7. The van der Waals surface area contributed by atoms with Gasteiger partial charge in [0.25, 0.3) is 5.70 Å². The summed E-state index contributed by atoms with van der Waals surface area (Å²) in [5.74, 6) is -0.357. The molecule has 0 N–H and O–H groups in total. The summed E-state index contributed by atoms with van der Waals surface area (Å²) in [5.41, 5.74) is 1.81. The van der Waals surface area contributed by atoms with Gasteiger partial charge >= 0.3 is 6.18 Å². The highest BCUT2D eigenvalue weighted by Crippen LogP contribution is 2.45. The van der Waals surface area contributed by atoms with E-state index in [2.05, 4.69) is 25.9 Å². The van der Waals surface area contributed by atoms with Gasteiger partial charge in [-0.25, -0.2) is 0 Å². The third-order valence-electron chi connectivity index (χ3n) is 4.60. The Hall–Kier alpha value is -2.81. The molecule has 9 heteroatoms. The number of para-hydroxylation sites is 1. The molecule has 2 aromatic rings. The Labute approximate surface area is 165 Å². The minimum Gasteiger partial charge on any atom is -0.261 e. The Morgan fingerprint density at radius 3 is 2.57 bits per heavy atom. The number of aliphatic imine (C=N–C) groups is 1. The molecule has 0 saturated heterocycles. The van der Waals surface area contributed by atoms with Gasteiger partial charge in [0.2, 0.25) is 0 Å². The minimum atomic E-state index is -4.45. The molecule has 1 aromatic heterocycles. The molecule has 1 aliphatic heterocycles. The van der Waals surface area contributed by atoms with Crippen molar-refractivity contribution in [3.05, 3.63) is 85.8 Å². The van der Waals surface area contributed by atoms with Gasteiger partial charge in [-0.3, -0.25) is 20.1 Å². The lowest BCUT2D eigenvalue weighted by atomic mass is 9.85. The Morgan fingerprint density at radius 1 is 1.18 bits per heavy atom. The molecular weight excluding hydrogens is 439 g/mol. The summed E-state index contributed by atoms with van der Waals surface area (Å²) >= 11 is 3.27. The van der Waals surface area contributed by atoms with Crippen molar-refractivity contribution >= 4 is 32.9 Å². The summed E-state index contributed by atoms with van der Waals surface area (Å²) in [6.07, 6.45) is -1.73. The second kappa shape index (κ2) is 6.66. The third kappa shape index (κ3) is 3.15. The van der Waals surface area contributed by atoms with Crippen LogP contribution in [0.5, 0.6) is 0 Å². The number of nitrogens with zero attached hydrogens (tertiary/aromatic N) is 3. The molecule has 0 spiro atoms. The van der Waals surface area contributed by atoms with Gasteiger partial charge in [-0.15, -0.1) is 0 Å².